The van der Waals surface area contributed by atoms with E-state index in [0.29, 0.717) is 18.5 Å². The van der Waals surface area contributed by atoms with Gasteiger partial charge in [-0.3, -0.25) is 9.69 Å². The van der Waals surface area contributed by atoms with Gasteiger partial charge in [0.15, 0.2) is 0 Å². The summed E-state index contributed by atoms with van der Waals surface area (Å²) in [6.45, 7) is 15.7. The molecule has 3 amide bonds. The van der Waals surface area contributed by atoms with Crippen LogP contribution in [0.2, 0.25) is 0 Å². The molecule has 2 fully saturated rings. The van der Waals surface area contributed by atoms with E-state index in [-0.39, 0.29) is 11.9 Å². The quantitative estimate of drug-likeness (QED) is 0.764. The van der Waals surface area contributed by atoms with E-state index in [9.17, 15) is 9.59 Å². The van der Waals surface area contributed by atoms with E-state index >= 15 is 0 Å². The van der Waals surface area contributed by atoms with Crippen molar-refractivity contribution in [2.75, 3.05) is 39.4 Å². The third-order valence-corrected chi connectivity index (χ3v) is 5.86. The van der Waals surface area contributed by atoms with E-state index in [2.05, 4.69) is 42.8 Å². The highest BCUT2D eigenvalue weighted by molar-refractivity contribution is 6.07. The van der Waals surface area contributed by atoms with Gasteiger partial charge in [-0.1, -0.05) is 52.0 Å². The molecule has 0 unspecified atom stereocenters. The zero-order valence-corrected chi connectivity index (χ0v) is 17.9. The zero-order valence-electron chi connectivity index (χ0n) is 17.9. The highest BCUT2D eigenvalue weighted by Crippen LogP contribution is 2.30. The first-order valence-electron chi connectivity index (χ1n) is 10.4. The smallest absolute Gasteiger partial charge is 0.319 e. The van der Waals surface area contributed by atoms with Crippen molar-refractivity contribution >= 4 is 11.9 Å². The summed E-state index contributed by atoms with van der Waals surface area (Å²) >= 11 is 0. The molecule has 0 saturated carbocycles. The molecular formula is C22H34N4O2. The number of rotatable bonds is 6. The Morgan fingerprint density at radius 2 is 1.54 bits per heavy atom. The summed E-state index contributed by atoms with van der Waals surface area (Å²) in [6.07, 6.45) is 0. The van der Waals surface area contributed by atoms with Gasteiger partial charge in [-0.25, -0.2) is 9.69 Å². The molecule has 1 N–H and O–H groups in total. The predicted molar refractivity (Wildman–Crippen MR) is 111 cm³/mol. The number of nitrogens with zero attached hydrogens (tertiary/aromatic N) is 3. The molecule has 0 spiro atoms. The molecule has 2 heterocycles. The van der Waals surface area contributed by atoms with Gasteiger partial charge in [0.2, 0.25) is 0 Å². The van der Waals surface area contributed by atoms with Crippen molar-refractivity contribution < 1.29 is 9.59 Å². The van der Waals surface area contributed by atoms with Crippen LogP contribution in [0.1, 0.15) is 51.7 Å². The van der Waals surface area contributed by atoms with Gasteiger partial charge in [0.05, 0.1) is 6.67 Å². The van der Waals surface area contributed by atoms with Crippen LogP contribution in [0.3, 0.4) is 0 Å². The fourth-order valence-electron chi connectivity index (χ4n) is 4.05. The standard InChI is InChI=1S/C22H34N4O2/c1-16(2)14-24-10-12-25(13-11-24)15-26-20(27)22(5,23-21(26)28)19-8-6-18(7-9-19)17(3)4/h6-9,16-17H,10-15H2,1-5H3,(H,23,28)/t22-/m1/s1. The van der Waals surface area contributed by atoms with Gasteiger partial charge in [-0.05, 0) is 29.9 Å². The number of piperazine rings is 1. The first-order chi connectivity index (χ1) is 13.2. The van der Waals surface area contributed by atoms with Crippen molar-refractivity contribution in [2.24, 2.45) is 5.92 Å². The summed E-state index contributed by atoms with van der Waals surface area (Å²) < 4.78 is 0. The van der Waals surface area contributed by atoms with E-state index < -0.39 is 5.54 Å². The first kappa shape index (κ1) is 20.8. The molecule has 28 heavy (non-hydrogen) atoms. The number of amides is 3. The Kier molecular flexibility index (Phi) is 6.10. The van der Waals surface area contributed by atoms with Crippen LogP contribution >= 0.6 is 0 Å². The van der Waals surface area contributed by atoms with Gasteiger partial charge >= 0.3 is 6.03 Å². The molecule has 1 atom stereocenters. The highest BCUT2D eigenvalue weighted by Gasteiger charge is 2.49. The molecule has 0 bridgehead atoms. The Morgan fingerprint density at radius 3 is 2.07 bits per heavy atom. The van der Waals surface area contributed by atoms with Crippen molar-refractivity contribution in [3.05, 3.63) is 35.4 Å². The van der Waals surface area contributed by atoms with E-state index in [0.717, 1.165) is 38.3 Å². The molecule has 1 aromatic carbocycles. The van der Waals surface area contributed by atoms with Crippen LogP contribution in [0.5, 0.6) is 0 Å². The van der Waals surface area contributed by atoms with Crippen molar-refractivity contribution in [2.45, 2.75) is 46.1 Å². The SMILES string of the molecule is CC(C)CN1CCN(CN2C(=O)N[C@](C)(c3ccc(C(C)C)cc3)C2=O)CC1. The van der Waals surface area contributed by atoms with Gasteiger partial charge in [0.1, 0.15) is 5.54 Å². The van der Waals surface area contributed by atoms with Gasteiger partial charge in [-0.2, -0.15) is 0 Å². The topological polar surface area (TPSA) is 55.9 Å². The number of benzene rings is 1. The molecule has 3 rings (SSSR count). The summed E-state index contributed by atoms with van der Waals surface area (Å²) in [5.74, 6) is 0.918. The average Bonchev–Trinajstić information content (AvgIpc) is 2.87. The Bertz CT molecular complexity index is 708. The van der Waals surface area contributed by atoms with Gasteiger partial charge in [-0.15, -0.1) is 0 Å². The second-order valence-corrected chi connectivity index (χ2v) is 9.02. The fourth-order valence-corrected chi connectivity index (χ4v) is 4.05. The summed E-state index contributed by atoms with van der Waals surface area (Å²) in [6, 6.07) is 7.71. The van der Waals surface area contributed by atoms with Crippen LogP contribution < -0.4 is 5.32 Å². The Labute approximate surface area is 168 Å². The van der Waals surface area contributed by atoms with Crippen LogP contribution in [-0.4, -0.2) is 66.0 Å². The van der Waals surface area contributed by atoms with Crippen LogP contribution in [0.25, 0.3) is 0 Å². The van der Waals surface area contributed by atoms with Gasteiger partial charge in [0.25, 0.3) is 5.91 Å². The Morgan fingerprint density at radius 1 is 0.964 bits per heavy atom. The Hall–Kier alpha value is -1.92. The lowest BCUT2D eigenvalue weighted by Gasteiger charge is -2.36. The molecule has 154 valence electrons. The average molecular weight is 387 g/mol. The molecule has 2 aliphatic heterocycles. The number of carbonyl (C=O) groups is 2. The maximum atomic E-state index is 13.1. The molecule has 0 radical (unpaired) electrons. The summed E-state index contributed by atoms with van der Waals surface area (Å²) in [5.41, 5.74) is 1.06. The minimum absolute atomic E-state index is 0.167. The summed E-state index contributed by atoms with van der Waals surface area (Å²) in [7, 11) is 0. The molecule has 0 aliphatic carbocycles. The van der Waals surface area contributed by atoms with Crippen LogP contribution in [-0.2, 0) is 10.3 Å². The predicted octanol–water partition coefficient (Wildman–Crippen LogP) is 2.81. The van der Waals surface area contributed by atoms with Crippen molar-refractivity contribution in [1.29, 1.82) is 0 Å². The monoisotopic (exact) mass is 386 g/mol. The number of nitrogens with one attached hydrogen (secondary N) is 1. The largest absolute Gasteiger partial charge is 0.326 e. The molecular weight excluding hydrogens is 352 g/mol. The number of urea groups is 1. The molecule has 2 saturated heterocycles. The lowest BCUT2D eigenvalue weighted by molar-refractivity contribution is -0.132. The Balaban J connectivity index is 1.65. The minimum atomic E-state index is -0.994. The number of imide groups is 1. The van der Waals surface area contributed by atoms with Crippen molar-refractivity contribution in [1.82, 2.24) is 20.0 Å². The molecule has 6 heteroatoms. The van der Waals surface area contributed by atoms with Crippen molar-refractivity contribution in [3.8, 4) is 0 Å². The van der Waals surface area contributed by atoms with E-state index in [1.807, 2.05) is 24.3 Å². The van der Waals surface area contributed by atoms with Crippen molar-refractivity contribution in [3.63, 3.8) is 0 Å². The second kappa shape index (κ2) is 8.21. The summed E-state index contributed by atoms with van der Waals surface area (Å²) in [4.78, 5) is 31.8. The maximum absolute atomic E-state index is 13.1. The molecule has 6 nitrogen and oxygen atoms in total. The third kappa shape index (κ3) is 4.23. The van der Waals surface area contributed by atoms with Crippen LogP contribution in [0.15, 0.2) is 24.3 Å². The summed E-state index contributed by atoms with van der Waals surface area (Å²) in [5, 5.41) is 2.92. The van der Waals surface area contributed by atoms with Gasteiger partial charge in [0, 0.05) is 32.7 Å². The first-order valence-corrected chi connectivity index (χ1v) is 10.4. The molecule has 2 aliphatic rings. The van der Waals surface area contributed by atoms with Gasteiger partial charge < -0.3 is 10.2 Å². The van der Waals surface area contributed by atoms with E-state index in [1.54, 1.807) is 6.92 Å². The third-order valence-electron chi connectivity index (χ3n) is 5.86. The molecule has 1 aromatic rings. The fraction of sp³-hybridized carbons (Fsp3) is 0.636. The normalized spacial score (nSPS) is 24.5. The second-order valence-electron chi connectivity index (χ2n) is 9.02. The van der Waals surface area contributed by atoms with E-state index in [1.165, 1.54) is 10.5 Å². The maximum Gasteiger partial charge on any atom is 0.326 e. The zero-order chi connectivity index (χ0) is 20.5. The van der Waals surface area contributed by atoms with E-state index in [4.69, 9.17) is 0 Å². The molecule has 0 aromatic heterocycles. The highest BCUT2D eigenvalue weighted by atomic mass is 16.2. The van der Waals surface area contributed by atoms with Crippen LogP contribution in [0, 0.1) is 5.92 Å². The number of carbonyl (C=O) groups excluding carboxylic acids is 2. The minimum Gasteiger partial charge on any atom is -0.319 e. The lowest BCUT2D eigenvalue weighted by atomic mass is 9.90. The van der Waals surface area contributed by atoms with Crippen LogP contribution in [0.4, 0.5) is 4.79 Å². The lowest BCUT2D eigenvalue weighted by Crippen LogP contribution is -2.52. The number of hydrogen-bond acceptors (Lipinski definition) is 4. The number of hydrogen-bond donors (Lipinski definition) is 1.